The van der Waals surface area contributed by atoms with Crippen molar-refractivity contribution in [1.29, 1.82) is 0 Å². The Morgan fingerprint density at radius 1 is 1.16 bits per heavy atom. The van der Waals surface area contributed by atoms with Crippen LogP contribution in [0.15, 0.2) is 34.8 Å². The SMILES string of the molecule is Cc1cc(NCc2ccc(Br)c(Cl)c2)c(C)cc1O. The smallest absolute Gasteiger partial charge is 0.118 e. The van der Waals surface area contributed by atoms with Gasteiger partial charge in [-0.3, -0.25) is 0 Å². The van der Waals surface area contributed by atoms with Crippen molar-refractivity contribution in [1.82, 2.24) is 0 Å². The Bertz CT molecular complexity index is 613. The lowest BCUT2D eigenvalue weighted by Gasteiger charge is -2.12. The molecule has 0 aliphatic heterocycles. The Kier molecular flexibility index (Phi) is 4.38. The zero-order valence-corrected chi connectivity index (χ0v) is 13.1. The predicted octanol–water partition coefficient (Wildman–Crippen LogP) is 5.04. The highest BCUT2D eigenvalue weighted by molar-refractivity contribution is 9.10. The zero-order valence-electron chi connectivity index (χ0n) is 10.8. The van der Waals surface area contributed by atoms with E-state index in [9.17, 15) is 5.11 Å². The highest BCUT2D eigenvalue weighted by atomic mass is 79.9. The lowest BCUT2D eigenvalue weighted by molar-refractivity contribution is 0.471. The summed E-state index contributed by atoms with van der Waals surface area (Å²) < 4.78 is 0.898. The summed E-state index contributed by atoms with van der Waals surface area (Å²) in [4.78, 5) is 0. The van der Waals surface area contributed by atoms with Gasteiger partial charge in [0.1, 0.15) is 5.75 Å². The molecule has 0 aromatic heterocycles. The minimum atomic E-state index is 0.328. The van der Waals surface area contributed by atoms with E-state index in [0.717, 1.165) is 26.9 Å². The predicted molar refractivity (Wildman–Crippen MR) is 84.1 cm³/mol. The summed E-state index contributed by atoms with van der Waals surface area (Å²) in [6.45, 7) is 4.55. The number of phenolic OH excluding ortho intramolecular Hbond substituents is 1. The van der Waals surface area contributed by atoms with E-state index in [-0.39, 0.29) is 0 Å². The summed E-state index contributed by atoms with van der Waals surface area (Å²) in [5.74, 6) is 0.328. The molecule has 2 aromatic rings. The maximum absolute atomic E-state index is 9.63. The molecule has 0 spiro atoms. The van der Waals surface area contributed by atoms with Crippen LogP contribution in [0, 0.1) is 13.8 Å². The number of aryl methyl sites for hydroxylation is 2. The van der Waals surface area contributed by atoms with Gasteiger partial charge in [0.2, 0.25) is 0 Å². The van der Waals surface area contributed by atoms with Gasteiger partial charge in [-0.15, -0.1) is 0 Å². The number of hydrogen-bond acceptors (Lipinski definition) is 2. The summed E-state index contributed by atoms with van der Waals surface area (Å²) in [6, 6.07) is 9.61. The Morgan fingerprint density at radius 2 is 1.89 bits per heavy atom. The Morgan fingerprint density at radius 3 is 2.58 bits per heavy atom. The van der Waals surface area contributed by atoms with Gasteiger partial charge in [0.05, 0.1) is 5.02 Å². The number of aromatic hydroxyl groups is 1. The number of nitrogens with one attached hydrogen (secondary N) is 1. The van der Waals surface area contributed by atoms with Crippen LogP contribution in [0.5, 0.6) is 5.75 Å². The topological polar surface area (TPSA) is 32.3 Å². The van der Waals surface area contributed by atoms with Gasteiger partial charge in [0.15, 0.2) is 0 Å². The number of halogens is 2. The third-order valence-electron chi connectivity index (χ3n) is 3.01. The van der Waals surface area contributed by atoms with Crippen molar-refractivity contribution >= 4 is 33.2 Å². The van der Waals surface area contributed by atoms with Gasteiger partial charge in [0.25, 0.3) is 0 Å². The molecule has 0 saturated heterocycles. The fourth-order valence-corrected chi connectivity index (χ4v) is 2.29. The van der Waals surface area contributed by atoms with Crippen molar-refractivity contribution < 1.29 is 5.11 Å². The van der Waals surface area contributed by atoms with Gasteiger partial charge in [-0.05, 0) is 70.7 Å². The van der Waals surface area contributed by atoms with Crippen LogP contribution < -0.4 is 5.32 Å². The van der Waals surface area contributed by atoms with Crippen LogP contribution in [-0.2, 0) is 6.54 Å². The molecule has 0 fully saturated rings. The van der Waals surface area contributed by atoms with Crippen LogP contribution in [0.2, 0.25) is 5.02 Å². The third-order valence-corrected chi connectivity index (χ3v) is 4.24. The van der Waals surface area contributed by atoms with E-state index in [1.807, 2.05) is 38.1 Å². The van der Waals surface area contributed by atoms with Crippen LogP contribution in [0.4, 0.5) is 5.69 Å². The van der Waals surface area contributed by atoms with E-state index in [0.29, 0.717) is 17.3 Å². The Balaban J connectivity index is 2.14. The normalized spacial score (nSPS) is 10.5. The Labute approximate surface area is 126 Å². The van der Waals surface area contributed by atoms with E-state index in [2.05, 4.69) is 21.2 Å². The van der Waals surface area contributed by atoms with Gasteiger partial charge in [-0.1, -0.05) is 17.7 Å². The number of benzene rings is 2. The minimum absolute atomic E-state index is 0.328. The molecule has 4 heteroatoms. The maximum Gasteiger partial charge on any atom is 0.118 e. The highest BCUT2D eigenvalue weighted by Gasteiger charge is 2.04. The van der Waals surface area contributed by atoms with Crippen LogP contribution in [0.3, 0.4) is 0 Å². The highest BCUT2D eigenvalue weighted by Crippen LogP contribution is 2.26. The second-order valence-corrected chi connectivity index (χ2v) is 5.82. The molecule has 2 rings (SSSR count). The van der Waals surface area contributed by atoms with Gasteiger partial charge in [-0.25, -0.2) is 0 Å². The van der Waals surface area contributed by atoms with Crippen molar-refractivity contribution in [3.8, 4) is 5.75 Å². The molecule has 0 atom stereocenters. The van der Waals surface area contributed by atoms with Gasteiger partial charge < -0.3 is 10.4 Å². The second kappa shape index (κ2) is 5.85. The summed E-state index contributed by atoms with van der Waals surface area (Å²) in [5, 5.41) is 13.7. The molecule has 0 aliphatic rings. The molecule has 0 aliphatic carbocycles. The van der Waals surface area contributed by atoms with Gasteiger partial charge in [-0.2, -0.15) is 0 Å². The number of hydrogen-bond donors (Lipinski definition) is 2. The van der Waals surface area contributed by atoms with Crippen LogP contribution >= 0.6 is 27.5 Å². The van der Waals surface area contributed by atoms with E-state index < -0.39 is 0 Å². The molecule has 100 valence electrons. The summed E-state index contributed by atoms with van der Waals surface area (Å²) in [6.07, 6.45) is 0. The molecule has 0 bridgehead atoms. The molecular formula is C15H15BrClNO. The molecular weight excluding hydrogens is 326 g/mol. The van der Waals surface area contributed by atoms with E-state index in [1.165, 1.54) is 0 Å². The van der Waals surface area contributed by atoms with Crippen LogP contribution in [0.25, 0.3) is 0 Å². The lowest BCUT2D eigenvalue weighted by Crippen LogP contribution is -2.01. The van der Waals surface area contributed by atoms with E-state index in [1.54, 1.807) is 6.07 Å². The standard InChI is InChI=1S/C15H15BrClNO/c1-9-6-15(19)10(2)5-14(9)18-8-11-3-4-12(16)13(17)7-11/h3-7,18-19H,8H2,1-2H3. The molecule has 0 saturated carbocycles. The molecule has 0 amide bonds. The molecule has 2 N–H and O–H groups in total. The summed E-state index contributed by atoms with van der Waals surface area (Å²) in [7, 11) is 0. The van der Waals surface area contributed by atoms with Crippen molar-refractivity contribution in [3.63, 3.8) is 0 Å². The van der Waals surface area contributed by atoms with Gasteiger partial charge >= 0.3 is 0 Å². The maximum atomic E-state index is 9.63. The van der Waals surface area contributed by atoms with Crippen molar-refractivity contribution in [2.24, 2.45) is 0 Å². The average Bonchev–Trinajstić information content (AvgIpc) is 2.36. The van der Waals surface area contributed by atoms with Crippen LogP contribution in [-0.4, -0.2) is 5.11 Å². The largest absolute Gasteiger partial charge is 0.508 e. The molecule has 2 aromatic carbocycles. The zero-order chi connectivity index (χ0) is 14.0. The first-order valence-electron chi connectivity index (χ1n) is 5.95. The van der Waals surface area contributed by atoms with Crippen LogP contribution in [0.1, 0.15) is 16.7 Å². The van der Waals surface area contributed by atoms with Gasteiger partial charge in [0, 0.05) is 16.7 Å². The summed E-state index contributed by atoms with van der Waals surface area (Å²) >= 11 is 9.44. The lowest BCUT2D eigenvalue weighted by atomic mass is 10.1. The molecule has 19 heavy (non-hydrogen) atoms. The molecule has 2 nitrogen and oxygen atoms in total. The van der Waals surface area contributed by atoms with Crippen molar-refractivity contribution in [3.05, 3.63) is 56.5 Å². The third kappa shape index (κ3) is 3.43. The second-order valence-electron chi connectivity index (χ2n) is 4.56. The first-order chi connectivity index (χ1) is 8.97. The van der Waals surface area contributed by atoms with E-state index in [4.69, 9.17) is 11.6 Å². The Hall–Kier alpha value is -1.19. The number of phenols is 1. The minimum Gasteiger partial charge on any atom is -0.508 e. The monoisotopic (exact) mass is 339 g/mol. The average molecular weight is 341 g/mol. The fraction of sp³-hybridized carbons (Fsp3) is 0.200. The van der Waals surface area contributed by atoms with Crippen molar-refractivity contribution in [2.75, 3.05) is 5.32 Å². The quantitative estimate of drug-likeness (QED) is 0.767. The fourth-order valence-electron chi connectivity index (χ4n) is 1.84. The molecule has 0 radical (unpaired) electrons. The number of rotatable bonds is 3. The first kappa shape index (κ1) is 14.2. The molecule has 0 unspecified atom stereocenters. The molecule has 0 heterocycles. The van der Waals surface area contributed by atoms with Crippen molar-refractivity contribution in [2.45, 2.75) is 20.4 Å². The first-order valence-corrected chi connectivity index (χ1v) is 7.12. The van der Waals surface area contributed by atoms with E-state index >= 15 is 0 Å². The number of anilines is 1. The summed E-state index contributed by atoms with van der Waals surface area (Å²) in [5.41, 5.74) is 4.01.